The summed E-state index contributed by atoms with van der Waals surface area (Å²) in [6.07, 6.45) is 4.16. The zero-order valence-corrected chi connectivity index (χ0v) is 19.6. The predicted octanol–water partition coefficient (Wildman–Crippen LogP) is 4.16. The van der Waals surface area contributed by atoms with Crippen LogP contribution in [0.4, 0.5) is 4.79 Å². The van der Waals surface area contributed by atoms with Crippen LogP contribution in [0.1, 0.15) is 55.6 Å². The van der Waals surface area contributed by atoms with Crippen LogP contribution in [0.5, 0.6) is 0 Å². The Balaban J connectivity index is 1.14. The summed E-state index contributed by atoms with van der Waals surface area (Å²) in [4.78, 5) is 39.8. The quantitative estimate of drug-likeness (QED) is 0.628. The fraction of sp³-hybridized carbons (Fsp3) is 0.464. The maximum absolute atomic E-state index is 13.5. The van der Waals surface area contributed by atoms with Crippen molar-refractivity contribution >= 4 is 18.0 Å². The number of alkyl carbamates (subject to hydrolysis) is 1. The third-order valence-electron chi connectivity index (χ3n) is 8.31. The molecule has 6 rings (SSSR count). The number of hydrogen-bond donors (Lipinski definition) is 2. The second-order valence-electron chi connectivity index (χ2n) is 10.4. The average molecular weight is 475 g/mol. The molecule has 4 aliphatic rings. The Bertz CT molecular complexity index is 1130. The number of carboxylic acids is 1. The van der Waals surface area contributed by atoms with Gasteiger partial charge in [-0.3, -0.25) is 9.59 Å². The first kappa shape index (κ1) is 22.1. The first-order valence-electron chi connectivity index (χ1n) is 12.7. The summed E-state index contributed by atoms with van der Waals surface area (Å²) in [6, 6.07) is 15.4. The van der Waals surface area contributed by atoms with E-state index in [1.54, 1.807) is 4.90 Å². The Hall–Kier alpha value is -3.35. The third kappa shape index (κ3) is 3.97. The van der Waals surface area contributed by atoms with Crippen LogP contribution in [0.25, 0.3) is 11.1 Å². The highest BCUT2D eigenvalue weighted by molar-refractivity contribution is 5.88. The van der Waals surface area contributed by atoms with Crippen LogP contribution in [0.2, 0.25) is 0 Å². The minimum absolute atomic E-state index is 0.0420. The van der Waals surface area contributed by atoms with E-state index in [-0.39, 0.29) is 30.5 Å². The van der Waals surface area contributed by atoms with Gasteiger partial charge in [0, 0.05) is 18.0 Å². The number of carboxylic acid groups (broad SMARTS) is 1. The molecule has 2 bridgehead atoms. The molecule has 3 fully saturated rings. The van der Waals surface area contributed by atoms with Crippen LogP contribution in [0.3, 0.4) is 0 Å². The minimum atomic E-state index is -0.835. The molecular formula is C28H30N2O5. The summed E-state index contributed by atoms with van der Waals surface area (Å²) in [5, 5.41) is 12.4. The number of ether oxygens (including phenoxy) is 1. The zero-order valence-electron chi connectivity index (χ0n) is 19.6. The molecule has 0 radical (unpaired) electrons. The molecular weight excluding hydrogens is 444 g/mol. The monoisotopic (exact) mass is 474 g/mol. The van der Waals surface area contributed by atoms with Gasteiger partial charge in [0.15, 0.2) is 0 Å². The SMILES string of the molecule is O=C(NC(CC1CC1)C(=O)N1[C@@H]2CC[C@H]1[C@@H](C(=O)O)C2)OCC1c2ccccc2-c2ccccc21. The maximum Gasteiger partial charge on any atom is 0.407 e. The molecule has 182 valence electrons. The van der Waals surface area contributed by atoms with Crippen molar-refractivity contribution in [1.82, 2.24) is 10.2 Å². The molecule has 0 aromatic heterocycles. The van der Waals surface area contributed by atoms with Crippen molar-refractivity contribution in [3.8, 4) is 11.1 Å². The van der Waals surface area contributed by atoms with Crippen LogP contribution in [0.15, 0.2) is 48.5 Å². The van der Waals surface area contributed by atoms with Gasteiger partial charge in [-0.25, -0.2) is 4.79 Å². The van der Waals surface area contributed by atoms with E-state index in [0.717, 1.165) is 41.5 Å². The molecule has 4 atom stereocenters. The van der Waals surface area contributed by atoms with Crippen molar-refractivity contribution in [1.29, 1.82) is 0 Å². The Morgan fingerprint density at radius 3 is 2.23 bits per heavy atom. The van der Waals surface area contributed by atoms with E-state index in [4.69, 9.17) is 4.74 Å². The summed E-state index contributed by atoms with van der Waals surface area (Å²) in [5.41, 5.74) is 4.61. The molecule has 1 unspecified atom stereocenters. The molecule has 35 heavy (non-hydrogen) atoms. The number of fused-ring (bicyclic) bond motifs is 5. The molecule has 7 heteroatoms. The van der Waals surface area contributed by atoms with Gasteiger partial charge in [0.1, 0.15) is 12.6 Å². The molecule has 2 N–H and O–H groups in total. The molecule has 2 aromatic carbocycles. The van der Waals surface area contributed by atoms with Crippen molar-refractivity contribution in [2.75, 3.05) is 6.61 Å². The van der Waals surface area contributed by atoms with E-state index in [1.807, 2.05) is 24.3 Å². The van der Waals surface area contributed by atoms with Gasteiger partial charge < -0.3 is 20.1 Å². The van der Waals surface area contributed by atoms with Crippen LogP contribution < -0.4 is 5.32 Å². The summed E-state index contributed by atoms with van der Waals surface area (Å²) in [6.45, 7) is 0.195. The molecule has 0 spiro atoms. The second kappa shape index (κ2) is 8.70. The lowest BCUT2D eigenvalue weighted by atomic mass is 9.89. The largest absolute Gasteiger partial charge is 0.481 e. The first-order valence-corrected chi connectivity index (χ1v) is 12.7. The summed E-state index contributed by atoms with van der Waals surface area (Å²) >= 11 is 0. The third-order valence-corrected chi connectivity index (χ3v) is 8.31. The molecule has 2 amide bonds. The fourth-order valence-corrected chi connectivity index (χ4v) is 6.47. The Labute approximate surface area is 204 Å². The van der Waals surface area contributed by atoms with Gasteiger partial charge in [-0.2, -0.15) is 0 Å². The number of nitrogens with zero attached hydrogens (tertiary/aromatic N) is 1. The molecule has 2 aliphatic heterocycles. The van der Waals surface area contributed by atoms with E-state index in [2.05, 4.69) is 29.6 Å². The number of carbonyl (C=O) groups excluding carboxylic acids is 2. The van der Waals surface area contributed by atoms with Crippen LogP contribution >= 0.6 is 0 Å². The Morgan fingerprint density at radius 1 is 0.971 bits per heavy atom. The van der Waals surface area contributed by atoms with Gasteiger partial charge in [-0.05, 0) is 53.9 Å². The number of amides is 2. The maximum atomic E-state index is 13.5. The van der Waals surface area contributed by atoms with Crippen LogP contribution in [-0.4, -0.2) is 52.7 Å². The molecule has 2 aromatic rings. The van der Waals surface area contributed by atoms with E-state index in [1.165, 1.54) is 0 Å². The average Bonchev–Trinajstić information content (AvgIpc) is 3.36. The summed E-state index contributed by atoms with van der Waals surface area (Å²) in [7, 11) is 0. The molecule has 2 aliphatic carbocycles. The van der Waals surface area contributed by atoms with E-state index < -0.39 is 24.0 Å². The molecule has 2 heterocycles. The molecule has 7 nitrogen and oxygen atoms in total. The van der Waals surface area contributed by atoms with Crippen LogP contribution in [0, 0.1) is 11.8 Å². The zero-order chi connectivity index (χ0) is 24.1. The van der Waals surface area contributed by atoms with Gasteiger partial charge in [0.25, 0.3) is 0 Å². The highest BCUT2D eigenvalue weighted by atomic mass is 16.5. The number of rotatable bonds is 7. The van der Waals surface area contributed by atoms with Crippen molar-refractivity contribution in [2.45, 2.75) is 62.6 Å². The summed E-state index contributed by atoms with van der Waals surface area (Å²) in [5.74, 6) is -1.11. The smallest absolute Gasteiger partial charge is 0.407 e. The predicted molar refractivity (Wildman–Crippen MR) is 129 cm³/mol. The highest BCUT2D eigenvalue weighted by Crippen LogP contribution is 2.45. The van der Waals surface area contributed by atoms with E-state index >= 15 is 0 Å². The Morgan fingerprint density at radius 2 is 1.63 bits per heavy atom. The van der Waals surface area contributed by atoms with Gasteiger partial charge in [-0.1, -0.05) is 61.4 Å². The molecule has 2 saturated heterocycles. The minimum Gasteiger partial charge on any atom is -0.481 e. The van der Waals surface area contributed by atoms with Crippen molar-refractivity contribution < 1.29 is 24.2 Å². The second-order valence-corrected chi connectivity index (χ2v) is 10.4. The van der Waals surface area contributed by atoms with Gasteiger partial charge in [0.05, 0.1) is 5.92 Å². The Kier molecular flexibility index (Phi) is 5.50. The van der Waals surface area contributed by atoms with Crippen molar-refractivity contribution in [3.05, 3.63) is 59.7 Å². The van der Waals surface area contributed by atoms with Crippen molar-refractivity contribution in [2.24, 2.45) is 11.8 Å². The standard InChI is InChI=1S/C28H30N2O5/c31-26(30-17-11-12-25(30)22(14-17)27(32)33)24(13-16-9-10-16)29-28(34)35-15-23-20-7-3-1-5-18(20)19-6-2-4-8-21(19)23/h1-8,16-17,22-25H,9-15H2,(H,29,34)(H,32,33)/t17-,22+,24?,25+/m1/s1. The van der Waals surface area contributed by atoms with Crippen LogP contribution in [-0.2, 0) is 14.3 Å². The number of hydrogen-bond acceptors (Lipinski definition) is 4. The van der Waals surface area contributed by atoms with E-state index in [0.29, 0.717) is 25.2 Å². The van der Waals surface area contributed by atoms with Crippen molar-refractivity contribution in [3.63, 3.8) is 0 Å². The van der Waals surface area contributed by atoms with Gasteiger partial charge >= 0.3 is 12.1 Å². The summed E-state index contributed by atoms with van der Waals surface area (Å²) < 4.78 is 5.70. The fourth-order valence-electron chi connectivity index (χ4n) is 6.47. The normalized spacial score (nSPS) is 25.1. The molecule has 1 saturated carbocycles. The lowest BCUT2D eigenvalue weighted by Crippen LogP contribution is -2.51. The number of nitrogens with one attached hydrogen (secondary N) is 1. The lowest BCUT2D eigenvalue weighted by molar-refractivity contribution is -0.143. The highest BCUT2D eigenvalue weighted by Gasteiger charge is 2.52. The van der Waals surface area contributed by atoms with Gasteiger partial charge in [-0.15, -0.1) is 0 Å². The van der Waals surface area contributed by atoms with Gasteiger partial charge in [0.2, 0.25) is 5.91 Å². The number of aliphatic carboxylic acids is 1. The van der Waals surface area contributed by atoms with E-state index in [9.17, 15) is 19.5 Å². The topological polar surface area (TPSA) is 95.9 Å². The number of benzene rings is 2. The first-order chi connectivity index (χ1) is 17.0. The number of carbonyl (C=O) groups is 3. The lowest BCUT2D eigenvalue weighted by Gasteiger charge is -2.28.